The van der Waals surface area contributed by atoms with E-state index in [-0.39, 0.29) is 5.56 Å². The smallest absolute Gasteiger partial charge is 0.263 e. The van der Waals surface area contributed by atoms with Gasteiger partial charge in [-0.2, -0.15) is 0 Å². The van der Waals surface area contributed by atoms with Gasteiger partial charge >= 0.3 is 0 Å². The molecule has 0 bridgehead atoms. The van der Waals surface area contributed by atoms with Crippen molar-refractivity contribution in [2.75, 3.05) is 11.1 Å². The number of aromatic nitrogens is 3. The summed E-state index contributed by atoms with van der Waals surface area (Å²) in [5.74, 6) is 0.827. The number of anilines is 1. The van der Waals surface area contributed by atoms with E-state index in [1.165, 1.54) is 11.3 Å². The van der Waals surface area contributed by atoms with Crippen LogP contribution in [-0.4, -0.2) is 27.0 Å². The molecule has 1 amide bonds. The van der Waals surface area contributed by atoms with E-state index in [1.54, 1.807) is 36.9 Å². The first-order chi connectivity index (χ1) is 12.0. The quantitative estimate of drug-likeness (QED) is 0.457. The Morgan fingerprint density at radius 2 is 2.04 bits per heavy atom. The number of nitrogens with one attached hydrogen (secondary N) is 1. The van der Waals surface area contributed by atoms with Crippen LogP contribution in [-0.2, 0) is 0 Å². The van der Waals surface area contributed by atoms with Crippen LogP contribution in [0.2, 0.25) is 10.0 Å². The Kier molecular flexibility index (Phi) is 5.63. The Hall–Kier alpha value is -1.61. The Balaban J connectivity index is 1.94. The van der Waals surface area contributed by atoms with Gasteiger partial charge in [0.1, 0.15) is 17.0 Å². The van der Waals surface area contributed by atoms with Gasteiger partial charge in [-0.3, -0.25) is 10.1 Å². The number of hydrogen-bond acceptors (Lipinski definition) is 7. The van der Waals surface area contributed by atoms with Gasteiger partial charge in [-0.25, -0.2) is 0 Å². The summed E-state index contributed by atoms with van der Waals surface area (Å²) < 4.78 is 5.98. The third-order valence-corrected chi connectivity index (χ3v) is 5.67. The van der Waals surface area contributed by atoms with E-state index < -0.39 is 5.91 Å². The SMILES string of the molecule is CCSc1nnc(NC(=O)c2c(-c3c(Cl)cccc3Cl)noc2C)s1. The van der Waals surface area contributed by atoms with E-state index in [4.69, 9.17) is 27.7 Å². The lowest BCUT2D eigenvalue weighted by atomic mass is 10.1. The number of aryl methyl sites for hydroxylation is 1. The number of rotatable bonds is 5. The molecule has 2 aromatic heterocycles. The first-order valence-corrected chi connectivity index (χ1v) is 9.75. The Morgan fingerprint density at radius 1 is 1.32 bits per heavy atom. The molecule has 3 rings (SSSR count). The highest BCUT2D eigenvalue weighted by molar-refractivity contribution is 8.01. The molecule has 6 nitrogen and oxygen atoms in total. The summed E-state index contributed by atoms with van der Waals surface area (Å²) in [5.41, 5.74) is 1.00. The standard InChI is InChI=1S/C15H12Cl2N4O2S2/c1-3-24-15-20-19-14(25-15)18-13(22)10-7(2)23-21-12(10)11-8(16)5-4-6-9(11)17/h4-6H,3H2,1-2H3,(H,18,19,22). The van der Waals surface area contributed by atoms with Gasteiger partial charge in [-0.15, -0.1) is 10.2 Å². The molecule has 0 aliphatic heterocycles. The van der Waals surface area contributed by atoms with Crippen molar-refractivity contribution in [2.45, 2.75) is 18.2 Å². The van der Waals surface area contributed by atoms with Gasteiger partial charge in [0, 0.05) is 5.56 Å². The summed E-state index contributed by atoms with van der Waals surface area (Å²) in [7, 11) is 0. The number of halogens is 2. The van der Waals surface area contributed by atoms with E-state index in [0.29, 0.717) is 32.2 Å². The molecule has 3 aromatic rings. The number of amides is 1. The summed E-state index contributed by atoms with van der Waals surface area (Å²) in [6, 6.07) is 5.07. The fraction of sp³-hybridized carbons (Fsp3) is 0.200. The monoisotopic (exact) mass is 414 g/mol. The number of nitrogens with zero attached hydrogens (tertiary/aromatic N) is 3. The lowest BCUT2D eigenvalue weighted by Gasteiger charge is -2.06. The van der Waals surface area contributed by atoms with Gasteiger partial charge in [0.05, 0.1) is 10.0 Å². The van der Waals surface area contributed by atoms with E-state index in [9.17, 15) is 4.79 Å². The van der Waals surface area contributed by atoms with Crippen molar-refractivity contribution in [3.8, 4) is 11.3 Å². The molecule has 0 atom stereocenters. The average molecular weight is 415 g/mol. The van der Waals surface area contributed by atoms with Crippen molar-refractivity contribution in [3.63, 3.8) is 0 Å². The second kappa shape index (κ2) is 7.74. The normalized spacial score (nSPS) is 10.9. The van der Waals surface area contributed by atoms with E-state index in [1.807, 2.05) is 6.92 Å². The minimum atomic E-state index is -0.408. The van der Waals surface area contributed by atoms with Crippen molar-refractivity contribution in [2.24, 2.45) is 0 Å². The van der Waals surface area contributed by atoms with Crippen molar-refractivity contribution in [1.29, 1.82) is 0 Å². The molecule has 0 fully saturated rings. The zero-order chi connectivity index (χ0) is 18.0. The van der Waals surface area contributed by atoms with Crippen LogP contribution in [0.1, 0.15) is 23.0 Å². The molecule has 0 saturated carbocycles. The molecule has 0 saturated heterocycles. The third kappa shape index (κ3) is 3.82. The summed E-state index contributed by atoms with van der Waals surface area (Å²) in [4.78, 5) is 12.7. The Morgan fingerprint density at radius 3 is 2.72 bits per heavy atom. The summed E-state index contributed by atoms with van der Waals surface area (Å²) >= 11 is 15.3. The highest BCUT2D eigenvalue weighted by Gasteiger charge is 2.25. The second-order valence-corrected chi connectivity index (χ2v) is 8.12. The number of thioether (sulfide) groups is 1. The average Bonchev–Trinajstić information content (AvgIpc) is 3.14. The van der Waals surface area contributed by atoms with E-state index in [2.05, 4.69) is 20.7 Å². The first-order valence-electron chi connectivity index (χ1n) is 7.19. The molecule has 0 aliphatic rings. The molecule has 1 aromatic carbocycles. The van der Waals surface area contributed by atoms with Gasteiger partial charge in [-0.1, -0.05) is 64.4 Å². The fourth-order valence-electron chi connectivity index (χ4n) is 2.14. The van der Waals surface area contributed by atoms with Crippen LogP contribution in [0.25, 0.3) is 11.3 Å². The largest absolute Gasteiger partial charge is 0.360 e. The first kappa shape index (κ1) is 18.2. The van der Waals surface area contributed by atoms with Crippen LogP contribution in [0.3, 0.4) is 0 Å². The van der Waals surface area contributed by atoms with Crippen molar-refractivity contribution in [1.82, 2.24) is 15.4 Å². The van der Waals surface area contributed by atoms with E-state index in [0.717, 1.165) is 10.1 Å². The minimum Gasteiger partial charge on any atom is -0.360 e. The third-order valence-electron chi connectivity index (χ3n) is 3.18. The maximum Gasteiger partial charge on any atom is 0.263 e. The van der Waals surface area contributed by atoms with Gasteiger partial charge in [-0.05, 0) is 24.8 Å². The summed E-state index contributed by atoms with van der Waals surface area (Å²) in [5, 5.41) is 15.8. The molecule has 10 heteroatoms. The van der Waals surface area contributed by atoms with Crippen LogP contribution < -0.4 is 5.32 Å². The Bertz CT molecular complexity index is 906. The molecule has 1 N–H and O–H groups in total. The molecule has 2 heterocycles. The Labute approximate surface area is 161 Å². The van der Waals surface area contributed by atoms with E-state index >= 15 is 0 Å². The maximum atomic E-state index is 12.7. The number of carbonyl (C=O) groups is 1. The lowest BCUT2D eigenvalue weighted by Crippen LogP contribution is -2.13. The van der Waals surface area contributed by atoms with Gasteiger partial charge < -0.3 is 4.52 Å². The zero-order valence-corrected chi connectivity index (χ0v) is 16.3. The molecule has 0 spiro atoms. The highest BCUT2D eigenvalue weighted by Crippen LogP contribution is 2.37. The highest BCUT2D eigenvalue weighted by atomic mass is 35.5. The van der Waals surface area contributed by atoms with Crippen molar-refractivity contribution < 1.29 is 9.32 Å². The molecule has 0 unspecified atom stereocenters. The van der Waals surface area contributed by atoms with Crippen LogP contribution in [0, 0.1) is 6.92 Å². The van der Waals surface area contributed by atoms with Crippen LogP contribution in [0.4, 0.5) is 5.13 Å². The maximum absolute atomic E-state index is 12.7. The molecular weight excluding hydrogens is 403 g/mol. The number of benzene rings is 1. The predicted octanol–water partition coefficient (Wildman–Crippen LogP) is 5.17. The molecule has 25 heavy (non-hydrogen) atoms. The summed E-state index contributed by atoms with van der Waals surface area (Å²) in [6.45, 7) is 3.67. The minimum absolute atomic E-state index is 0.259. The zero-order valence-electron chi connectivity index (χ0n) is 13.2. The molecule has 0 aliphatic carbocycles. The molecular formula is C15H12Cl2N4O2S2. The van der Waals surface area contributed by atoms with Gasteiger partial charge in [0.2, 0.25) is 5.13 Å². The van der Waals surface area contributed by atoms with Gasteiger partial charge in [0.25, 0.3) is 5.91 Å². The number of carbonyl (C=O) groups excluding carboxylic acids is 1. The fourth-order valence-corrected chi connectivity index (χ4v) is 4.36. The lowest BCUT2D eigenvalue weighted by molar-refractivity contribution is 0.102. The van der Waals surface area contributed by atoms with Crippen molar-refractivity contribution in [3.05, 3.63) is 39.6 Å². The second-order valence-electron chi connectivity index (χ2n) is 4.82. The van der Waals surface area contributed by atoms with Crippen LogP contribution in [0.5, 0.6) is 0 Å². The van der Waals surface area contributed by atoms with Gasteiger partial charge in [0.15, 0.2) is 4.34 Å². The molecule has 130 valence electrons. The van der Waals surface area contributed by atoms with Crippen LogP contribution >= 0.6 is 46.3 Å². The van der Waals surface area contributed by atoms with Crippen molar-refractivity contribution >= 4 is 57.3 Å². The summed E-state index contributed by atoms with van der Waals surface area (Å²) in [6.07, 6.45) is 0. The topological polar surface area (TPSA) is 80.9 Å². The number of hydrogen-bond donors (Lipinski definition) is 1. The van der Waals surface area contributed by atoms with Crippen LogP contribution in [0.15, 0.2) is 27.1 Å². The molecule has 0 radical (unpaired) electrons. The predicted molar refractivity (Wildman–Crippen MR) is 101 cm³/mol.